The number of nitrogens with one attached hydrogen (secondary N) is 2. The van der Waals surface area contributed by atoms with Crippen molar-refractivity contribution in [3.05, 3.63) is 77.4 Å². The summed E-state index contributed by atoms with van der Waals surface area (Å²) in [4.78, 5) is 38.0. The highest BCUT2D eigenvalue weighted by atomic mass is 16.2. The maximum Gasteiger partial charge on any atom is 0.287 e. The Morgan fingerprint density at radius 3 is 2.52 bits per heavy atom. The lowest BCUT2D eigenvalue weighted by Gasteiger charge is -2.17. The van der Waals surface area contributed by atoms with Crippen molar-refractivity contribution >= 4 is 11.8 Å². The fraction of sp³-hybridized carbons (Fsp3) is 0.286. The Balaban J connectivity index is 1.50. The molecule has 4 heterocycles. The first-order valence-corrected chi connectivity index (χ1v) is 9.66. The second-order valence-corrected chi connectivity index (χ2v) is 6.92. The van der Waals surface area contributed by atoms with E-state index in [1.54, 1.807) is 24.8 Å². The molecular weight excluding hydrogens is 368 g/mol. The van der Waals surface area contributed by atoms with Crippen LogP contribution in [0.25, 0.3) is 0 Å². The molecule has 29 heavy (non-hydrogen) atoms. The van der Waals surface area contributed by atoms with Gasteiger partial charge in [0.15, 0.2) is 5.82 Å². The number of hydrogen-bond donors (Lipinski definition) is 2. The zero-order valence-electron chi connectivity index (χ0n) is 16.0. The Bertz CT molecular complexity index is 921. The van der Waals surface area contributed by atoms with E-state index in [9.17, 15) is 9.59 Å². The number of pyridine rings is 2. The van der Waals surface area contributed by atoms with Crippen LogP contribution >= 0.6 is 0 Å². The summed E-state index contributed by atoms with van der Waals surface area (Å²) in [5.74, 6) is -0.262. The Morgan fingerprint density at radius 1 is 0.931 bits per heavy atom. The molecule has 3 aromatic rings. The first-order valence-electron chi connectivity index (χ1n) is 9.66. The summed E-state index contributed by atoms with van der Waals surface area (Å²) in [6.07, 6.45) is 9.44. The van der Waals surface area contributed by atoms with E-state index in [-0.39, 0.29) is 17.6 Å². The molecule has 0 saturated heterocycles. The molecule has 1 aliphatic heterocycles. The average Bonchev–Trinajstić information content (AvgIpc) is 3.17. The Kier molecular flexibility index (Phi) is 5.60. The van der Waals surface area contributed by atoms with Gasteiger partial charge in [0, 0.05) is 44.4 Å². The molecule has 4 rings (SSSR count). The van der Waals surface area contributed by atoms with Crippen molar-refractivity contribution in [2.24, 2.45) is 0 Å². The lowest BCUT2D eigenvalue weighted by atomic mass is 10.1. The van der Waals surface area contributed by atoms with Crippen molar-refractivity contribution in [1.82, 2.24) is 30.2 Å². The highest BCUT2D eigenvalue weighted by Gasteiger charge is 2.27. The summed E-state index contributed by atoms with van der Waals surface area (Å²) < 4.78 is 1.88. The number of carbonyl (C=O) groups excluding carboxylic acids is 2. The van der Waals surface area contributed by atoms with Gasteiger partial charge in [-0.2, -0.15) is 0 Å². The number of nitrogens with zero attached hydrogens (tertiary/aromatic N) is 4. The largest absolute Gasteiger partial charge is 0.347 e. The third kappa shape index (κ3) is 4.31. The van der Waals surface area contributed by atoms with Gasteiger partial charge in [-0.3, -0.25) is 19.6 Å². The molecule has 0 unspecified atom stereocenters. The monoisotopic (exact) mass is 390 g/mol. The normalized spacial score (nSPS) is 12.8. The van der Waals surface area contributed by atoms with Crippen molar-refractivity contribution in [3.63, 3.8) is 0 Å². The summed E-state index contributed by atoms with van der Waals surface area (Å²) in [5, 5.41) is 5.77. The van der Waals surface area contributed by atoms with Gasteiger partial charge >= 0.3 is 0 Å². The van der Waals surface area contributed by atoms with Crippen LogP contribution < -0.4 is 10.6 Å². The molecule has 0 saturated carbocycles. The molecule has 0 bridgehead atoms. The molecule has 0 spiro atoms. The number of hydrogen-bond acceptors (Lipinski definition) is 5. The van der Waals surface area contributed by atoms with Gasteiger partial charge in [-0.05, 0) is 48.6 Å². The third-order valence-electron chi connectivity index (χ3n) is 4.91. The van der Waals surface area contributed by atoms with Gasteiger partial charge in [-0.1, -0.05) is 6.07 Å². The molecule has 1 aliphatic rings. The van der Waals surface area contributed by atoms with Crippen molar-refractivity contribution in [1.29, 1.82) is 0 Å². The van der Waals surface area contributed by atoms with Gasteiger partial charge in [0.05, 0.1) is 5.69 Å². The van der Waals surface area contributed by atoms with Gasteiger partial charge < -0.3 is 15.2 Å². The quantitative estimate of drug-likeness (QED) is 0.669. The van der Waals surface area contributed by atoms with E-state index in [0.29, 0.717) is 25.3 Å². The van der Waals surface area contributed by atoms with Crippen molar-refractivity contribution in [2.75, 3.05) is 0 Å². The number of aromatic nitrogens is 4. The lowest BCUT2D eigenvalue weighted by Crippen LogP contribution is -2.27. The summed E-state index contributed by atoms with van der Waals surface area (Å²) >= 11 is 0. The van der Waals surface area contributed by atoms with Crippen molar-refractivity contribution < 1.29 is 9.59 Å². The molecule has 8 heteroatoms. The minimum atomic E-state index is -0.287. The van der Waals surface area contributed by atoms with Gasteiger partial charge in [-0.15, -0.1) is 0 Å². The molecule has 0 radical (unpaired) electrons. The second-order valence-electron chi connectivity index (χ2n) is 6.92. The van der Waals surface area contributed by atoms with E-state index in [0.717, 1.165) is 36.1 Å². The van der Waals surface area contributed by atoms with Gasteiger partial charge in [-0.25, -0.2) is 4.98 Å². The molecule has 0 aliphatic carbocycles. The predicted octanol–water partition coefficient (Wildman–Crippen LogP) is 1.87. The standard InChI is InChI=1S/C21H22N6O2/c28-20(24-13-15-6-9-22-10-7-15)18-17-5-1-2-11-27(17)19(26-18)21(29)25-14-16-4-3-8-23-12-16/h3-4,6-10,12H,1-2,5,11,13-14H2,(H,24,28)(H,25,29). The Hall–Kier alpha value is -3.55. The van der Waals surface area contributed by atoms with E-state index < -0.39 is 0 Å². The molecular formula is C21H22N6O2. The number of carbonyl (C=O) groups is 2. The fourth-order valence-electron chi connectivity index (χ4n) is 3.43. The molecule has 0 aromatic carbocycles. The van der Waals surface area contributed by atoms with Crippen LogP contribution in [0.3, 0.4) is 0 Å². The van der Waals surface area contributed by atoms with Crippen LogP contribution in [-0.4, -0.2) is 31.3 Å². The Morgan fingerprint density at radius 2 is 1.72 bits per heavy atom. The smallest absolute Gasteiger partial charge is 0.287 e. The zero-order valence-corrected chi connectivity index (χ0v) is 16.0. The van der Waals surface area contributed by atoms with Crippen LogP contribution in [0.5, 0.6) is 0 Å². The minimum absolute atomic E-state index is 0.265. The van der Waals surface area contributed by atoms with E-state index in [1.807, 2.05) is 28.8 Å². The topological polar surface area (TPSA) is 102 Å². The van der Waals surface area contributed by atoms with E-state index in [4.69, 9.17) is 0 Å². The van der Waals surface area contributed by atoms with Crippen molar-refractivity contribution in [2.45, 2.75) is 38.9 Å². The summed E-state index contributed by atoms with van der Waals surface area (Å²) in [5.41, 5.74) is 3.03. The van der Waals surface area contributed by atoms with Gasteiger partial charge in [0.25, 0.3) is 11.8 Å². The van der Waals surface area contributed by atoms with Crippen LogP contribution in [0.4, 0.5) is 0 Å². The molecule has 0 fully saturated rings. The number of imidazole rings is 1. The maximum absolute atomic E-state index is 12.8. The summed E-state index contributed by atoms with van der Waals surface area (Å²) in [7, 11) is 0. The SMILES string of the molecule is O=C(NCc1ccncc1)c1nc(C(=O)NCc2cccnc2)n2c1CCCC2. The van der Waals surface area contributed by atoms with Gasteiger partial charge in [0.2, 0.25) is 0 Å². The highest BCUT2D eigenvalue weighted by molar-refractivity contribution is 5.97. The third-order valence-corrected chi connectivity index (χ3v) is 4.91. The second kappa shape index (κ2) is 8.64. The molecule has 2 N–H and O–H groups in total. The minimum Gasteiger partial charge on any atom is -0.347 e. The molecule has 2 amide bonds. The van der Waals surface area contributed by atoms with Crippen LogP contribution in [0.15, 0.2) is 49.1 Å². The van der Waals surface area contributed by atoms with Crippen LogP contribution in [0.1, 0.15) is 50.8 Å². The zero-order chi connectivity index (χ0) is 20.1. The number of fused-ring (bicyclic) bond motifs is 1. The predicted molar refractivity (Wildman–Crippen MR) is 106 cm³/mol. The molecule has 0 atom stereocenters. The first kappa shape index (κ1) is 18.8. The first-order chi connectivity index (χ1) is 14.2. The summed E-state index contributed by atoms with van der Waals surface area (Å²) in [6.45, 7) is 1.43. The van der Waals surface area contributed by atoms with E-state index >= 15 is 0 Å². The van der Waals surface area contributed by atoms with Gasteiger partial charge in [0.1, 0.15) is 5.69 Å². The highest BCUT2D eigenvalue weighted by Crippen LogP contribution is 2.21. The van der Waals surface area contributed by atoms with Crippen molar-refractivity contribution in [3.8, 4) is 0 Å². The van der Waals surface area contributed by atoms with Crippen LogP contribution in [-0.2, 0) is 26.1 Å². The fourth-order valence-corrected chi connectivity index (χ4v) is 3.43. The molecule has 8 nitrogen and oxygen atoms in total. The van der Waals surface area contributed by atoms with E-state index in [1.165, 1.54) is 0 Å². The van der Waals surface area contributed by atoms with Crippen LogP contribution in [0, 0.1) is 0 Å². The Labute approximate surface area is 168 Å². The number of amides is 2. The average molecular weight is 390 g/mol. The number of rotatable bonds is 6. The van der Waals surface area contributed by atoms with Crippen LogP contribution in [0.2, 0.25) is 0 Å². The maximum atomic E-state index is 12.8. The lowest BCUT2D eigenvalue weighted by molar-refractivity contribution is 0.0935. The summed E-state index contributed by atoms with van der Waals surface area (Å²) in [6, 6.07) is 7.41. The molecule has 148 valence electrons. The van der Waals surface area contributed by atoms with E-state index in [2.05, 4.69) is 25.6 Å². The molecule has 3 aromatic heterocycles.